The van der Waals surface area contributed by atoms with Gasteiger partial charge in [-0.05, 0) is 12.8 Å². The van der Waals surface area contributed by atoms with Gasteiger partial charge < -0.3 is 15.3 Å². The number of aliphatic hydroxyl groups is 1. The lowest BCUT2D eigenvalue weighted by Crippen LogP contribution is -2.19. The maximum atomic E-state index is 8.68. The van der Waals surface area contributed by atoms with Crippen molar-refractivity contribution < 1.29 is 5.11 Å². The van der Waals surface area contributed by atoms with Crippen LogP contribution in [0.1, 0.15) is 19.8 Å². The minimum atomic E-state index is 0.195. The Morgan fingerprint density at radius 3 is 2.94 bits per heavy atom. The molecule has 0 aliphatic rings. The van der Waals surface area contributed by atoms with Crippen molar-refractivity contribution in [1.29, 1.82) is 0 Å². The van der Waals surface area contributed by atoms with Crippen LogP contribution in [0.15, 0.2) is 12.4 Å². The van der Waals surface area contributed by atoms with Crippen molar-refractivity contribution in [3.63, 3.8) is 0 Å². The molecule has 0 aromatic carbocycles. The fourth-order valence-corrected chi connectivity index (χ4v) is 1.40. The first kappa shape index (κ1) is 12.7. The lowest BCUT2D eigenvalue weighted by Gasteiger charge is -2.17. The standard InChI is InChI=1S/C11H20N4O/c1-3-6-15(2)11-8-10(13-9-14-11)12-5-4-7-16/h8-9,16H,3-7H2,1-2H3,(H,12,13,14). The predicted octanol–water partition coefficient (Wildman–Crippen LogP) is 1.12. The first-order chi connectivity index (χ1) is 7.77. The average molecular weight is 224 g/mol. The number of rotatable bonds is 7. The highest BCUT2D eigenvalue weighted by molar-refractivity contribution is 5.47. The van der Waals surface area contributed by atoms with E-state index in [0.29, 0.717) is 0 Å². The molecule has 0 radical (unpaired) electrons. The Balaban J connectivity index is 2.56. The molecule has 0 saturated carbocycles. The molecule has 0 saturated heterocycles. The minimum Gasteiger partial charge on any atom is -0.396 e. The van der Waals surface area contributed by atoms with Gasteiger partial charge in [0.15, 0.2) is 0 Å². The Bertz CT molecular complexity index is 306. The number of aromatic nitrogens is 2. The van der Waals surface area contributed by atoms with Gasteiger partial charge in [-0.15, -0.1) is 0 Å². The summed E-state index contributed by atoms with van der Waals surface area (Å²) in [7, 11) is 2.02. The van der Waals surface area contributed by atoms with E-state index in [9.17, 15) is 0 Å². The second-order valence-electron chi connectivity index (χ2n) is 3.69. The largest absolute Gasteiger partial charge is 0.396 e. The molecule has 0 unspecified atom stereocenters. The summed E-state index contributed by atoms with van der Waals surface area (Å²) in [5.74, 6) is 1.73. The minimum absolute atomic E-state index is 0.195. The van der Waals surface area contributed by atoms with E-state index in [1.165, 1.54) is 0 Å². The van der Waals surface area contributed by atoms with E-state index in [1.54, 1.807) is 6.33 Å². The van der Waals surface area contributed by atoms with Crippen molar-refractivity contribution in [2.75, 3.05) is 37.0 Å². The molecule has 1 heterocycles. The summed E-state index contributed by atoms with van der Waals surface area (Å²) in [5.41, 5.74) is 0. The molecule has 1 rings (SSSR count). The summed E-state index contributed by atoms with van der Waals surface area (Å²) in [6, 6.07) is 1.92. The number of hydrogen-bond acceptors (Lipinski definition) is 5. The van der Waals surface area contributed by atoms with E-state index < -0.39 is 0 Å². The number of hydrogen-bond donors (Lipinski definition) is 2. The Labute approximate surface area is 96.5 Å². The van der Waals surface area contributed by atoms with Crippen molar-refractivity contribution in [3.8, 4) is 0 Å². The third-order valence-electron chi connectivity index (χ3n) is 2.24. The molecule has 5 heteroatoms. The zero-order valence-corrected chi connectivity index (χ0v) is 9.98. The molecule has 0 atom stereocenters. The topological polar surface area (TPSA) is 61.3 Å². The van der Waals surface area contributed by atoms with Gasteiger partial charge in [0.1, 0.15) is 18.0 Å². The SMILES string of the molecule is CCCN(C)c1cc(NCCCO)ncn1. The van der Waals surface area contributed by atoms with Crippen LogP contribution in [0.4, 0.5) is 11.6 Å². The van der Waals surface area contributed by atoms with Crippen LogP contribution in [0.5, 0.6) is 0 Å². The highest BCUT2D eigenvalue weighted by atomic mass is 16.3. The van der Waals surface area contributed by atoms with Crippen LogP contribution in [-0.2, 0) is 0 Å². The highest BCUT2D eigenvalue weighted by Crippen LogP contribution is 2.12. The van der Waals surface area contributed by atoms with Gasteiger partial charge in [0.05, 0.1) is 0 Å². The fraction of sp³-hybridized carbons (Fsp3) is 0.636. The molecule has 1 aromatic heterocycles. The zero-order chi connectivity index (χ0) is 11.8. The van der Waals surface area contributed by atoms with Crippen LogP contribution in [0.3, 0.4) is 0 Å². The van der Waals surface area contributed by atoms with E-state index in [0.717, 1.165) is 37.6 Å². The maximum absolute atomic E-state index is 8.68. The van der Waals surface area contributed by atoms with Gasteiger partial charge in [-0.1, -0.05) is 6.92 Å². The zero-order valence-electron chi connectivity index (χ0n) is 9.98. The third kappa shape index (κ3) is 4.02. The Hall–Kier alpha value is -1.36. The average Bonchev–Trinajstić information content (AvgIpc) is 2.30. The summed E-state index contributed by atoms with van der Waals surface area (Å²) in [4.78, 5) is 10.4. The third-order valence-corrected chi connectivity index (χ3v) is 2.24. The van der Waals surface area contributed by atoms with Gasteiger partial charge in [-0.25, -0.2) is 9.97 Å². The van der Waals surface area contributed by atoms with Gasteiger partial charge in [0, 0.05) is 32.8 Å². The van der Waals surface area contributed by atoms with E-state index >= 15 is 0 Å². The van der Waals surface area contributed by atoms with Crippen LogP contribution in [0.25, 0.3) is 0 Å². The number of nitrogens with one attached hydrogen (secondary N) is 1. The Kier molecular flexibility index (Phi) is 5.56. The molecule has 0 bridgehead atoms. The maximum Gasteiger partial charge on any atom is 0.133 e. The van der Waals surface area contributed by atoms with Gasteiger partial charge in [0.2, 0.25) is 0 Å². The van der Waals surface area contributed by atoms with Crippen molar-refractivity contribution in [2.45, 2.75) is 19.8 Å². The number of nitrogens with zero attached hydrogens (tertiary/aromatic N) is 3. The molecule has 0 aliphatic carbocycles. The first-order valence-electron chi connectivity index (χ1n) is 5.65. The van der Waals surface area contributed by atoms with E-state index in [1.807, 2.05) is 13.1 Å². The number of aliphatic hydroxyl groups excluding tert-OH is 1. The second-order valence-corrected chi connectivity index (χ2v) is 3.69. The molecule has 16 heavy (non-hydrogen) atoms. The molecule has 0 amide bonds. The Morgan fingerprint density at radius 2 is 2.25 bits per heavy atom. The van der Waals surface area contributed by atoms with Crippen molar-refractivity contribution in [1.82, 2.24) is 9.97 Å². The summed E-state index contributed by atoms with van der Waals surface area (Å²) >= 11 is 0. The predicted molar refractivity (Wildman–Crippen MR) is 65.8 cm³/mol. The normalized spacial score (nSPS) is 10.2. The van der Waals surface area contributed by atoms with Crippen molar-refractivity contribution in [3.05, 3.63) is 12.4 Å². The van der Waals surface area contributed by atoms with Crippen molar-refractivity contribution in [2.24, 2.45) is 0 Å². The van der Waals surface area contributed by atoms with Crippen LogP contribution in [0, 0.1) is 0 Å². The van der Waals surface area contributed by atoms with Gasteiger partial charge in [0.25, 0.3) is 0 Å². The summed E-state index contributed by atoms with van der Waals surface area (Å²) < 4.78 is 0. The van der Waals surface area contributed by atoms with E-state index in [2.05, 4.69) is 27.1 Å². The lowest BCUT2D eigenvalue weighted by atomic mass is 10.4. The fourth-order valence-electron chi connectivity index (χ4n) is 1.40. The first-order valence-corrected chi connectivity index (χ1v) is 5.65. The molecular formula is C11H20N4O. The lowest BCUT2D eigenvalue weighted by molar-refractivity contribution is 0.292. The second kappa shape index (κ2) is 7.00. The molecule has 0 aliphatic heterocycles. The molecule has 0 spiro atoms. The monoisotopic (exact) mass is 224 g/mol. The molecule has 5 nitrogen and oxygen atoms in total. The van der Waals surface area contributed by atoms with Crippen LogP contribution in [0.2, 0.25) is 0 Å². The summed E-state index contributed by atoms with van der Waals surface area (Å²) in [6.45, 7) is 4.04. The molecule has 2 N–H and O–H groups in total. The van der Waals surface area contributed by atoms with Gasteiger partial charge in [-0.3, -0.25) is 0 Å². The molecular weight excluding hydrogens is 204 g/mol. The van der Waals surface area contributed by atoms with Gasteiger partial charge >= 0.3 is 0 Å². The van der Waals surface area contributed by atoms with E-state index in [-0.39, 0.29) is 6.61 Å². The summed E-state index contributed by atoms with van der Waals surface area (Å²) in [6.07, 6.45) is 3.38. The highest BCUT2D eigenvalue weighted by Gasteiger charge is 2.02. The number of anilines is 2. The van der Waals surface area contributed by atoms with Crippen LogP contribution < -0.4 is 10.2 Å². The van der Waals surface area contributed by atoms with Crippen LogP contribution >= 0.6 is 0 Å². The summed E-state index contributed by atoms with van der Waals surface area (Å²) in [5, 5.41) is 11.8. The van der Waals surface area contributed by atoms with Gasteiger partial charge in [-0.2, -0.15) is 0 Å². The molecule has 0 fully saturated rings. The molecule has 1 aromatic rings. The molecule has 90 valence electrons. The smallest absolute Gasteiger partial charge is 0.133 e. The van der Waals surface area contributed by atoms with Crippen molar-refractivity contribution >= 4 is 11.6 Å². The Morgan fingerprint density at radius 1 is 1.44 bits per heavy atom. The van der Waals surface area contributed by atoms with E-state index in [4.69, 9.17) is 5.11 Å². The quantitative estimate of drug-likeness (QED) is 0.680. The van der Waals surface area contributed by atoms with Crippen LogP contribution in [-0.4, -0.2) is 41.8 Å².